The third kappa shape index (κ3) is 9.10. The molecule has 7 heteroatoms. The molecule has 0 radical (unpaired) electrons. The number of anilines is 1. The van der Waals surface area contributed by atoms with Crippen molar-refractivity contribution < 1.29 is 4.74 Å². The molecular formula is C20H36IN5O. The molecule has 1 heterocycles. The minimum absolute atomic E-state index is 0. The van der Waals surface area contributed by atoms with E-state index in [-0.39, 0.29) is 24.0 Å². The molecule has 1 aromatic heterocycles. The Balaban J connectivity index is 0.00000364. The maximum Gasteiger partial charge on any atom is 0.191 e. The molecular weight excluding hydrogens is 453 g/mol. The number of pyridine rings is 1. The average molecular weight is 489 g/mol. The van der Waals surface area contributed by atoms with Crippen LogP contribution in [0.25, 0.3) is 0 Å². The molecule has 1 aromatic rings. The van der Waals surface area contributed by atoms with E-state index in [1.54, 1.807) is 0 Å². The quantitative estimate of drug-likeness (QED) is 0.192. The maximum absolute atomic E-state index is 6.04. The zero-order valence-corrected chi connectivity index (χ0v) is 19.4. The Morgan fingerprint density at radius 1 is 1.22 bits per heavy atom. The van der Waals surface area contributed by atoms with Crippen molar-refractivity contribution in [2.45, 2.75) is 58.1 Å². The minimum atomic E-state index is 0. The van der Waals surface area contributed by atoms with Gasteiger partial charge in [0.05, 0.1) is 19.3 Å². The predicted molar refractivity (Wildman–Crippen MR) is 124 cm³/mol. The van der Waals surface area contributed by atoms with Gasteiger partial charge in [-0.25, -0.2) is 9.98 Å². The SMILES string of the molecule is CCNC(=NCc1cccnc1N(C)C)NCCOC1CCCCCC1.I. The minimum Gasteiger partial charge on any atom is -0.376 e. The second-order valence-electron chi connectivity index (χ2n) is 6.99. The summed E-state index contributed by atoms with van der Waals surface area (Å²) in [4.78, 5) is 11.2. The Kier molecular flexibility index (Phi) is 12.4. The van der Waals surface area contributed by atoms with Crippen LogP contribution in [0.2, 0.25) is 0 Å². The van der Waals surface area contributed by atoms with Crippen molar-refractivity contribution in [1.29, 1.82) is 0 Å². The predicted octanol–water partition coefficient (Wildman–Crippen LogP) is 3.56. The van der Waals surface area contributed by atoms with Gasteiger partial charge in [-0.1, -0.05) is 31.7 Å². The largest absolute Gasteiger partial charge is 0.376 e. The fourth-order valence-electron chi connectivity index (χ4n) is 3.27. The first-order chi connectivity index (χ1) is 12.7. The lowest BCUT2D eigenvalue weighted by Gasteiger charge is -2.17. The van der Waals surface area contributed by atoms with Gasteiger partial charge in [-0.3, -0.25) is 0 Å². The molecule has 0 bridgehead atoms. The van der Waals surface area contributed by atoms with E-state index in [9.17, 15) is 0 Å². The van der Waals surface area contributed by atoms with Crippen molar-refractivity contribution in [3.05, 3.63) is 23.9 Å². The molecule has 0 aromatic carbocycles. The molecule has 2 rings (SSSR count). The van der Waals surface area contributed by atoms with Crippen molar-refractivity contribution >= 4 is 35.8 Å². The molecule has 1 fully saturated rings. The van der Waals surface area contributed by atoms with Crippen molar-refractivity contribution in [3.8, 4) is 0 Å². The summed E-state index contributed by atoms with van der Waals surface area (Å²) >= 11 is 0. The molecule has 1 aliphatic carbocycles. The van der Waals surface area contributed by atoms with Crippen LogP contribution < -0.4 is 15.5 Å². The summed E-state index contributed by atoms with van der Waals surface area (Å²) in [6, 6.07) is 4.03. The Bertz CT molecular complexity index is 545. The number of hydrogen-bond donors (Lipinski definition) is 2. The van der Waals surface area contributed by atoms with Crippen LogP contribution in [0.1, 0.15) is 51.0 Å². The van der Waals surface area contributed by atoms with Crippen LogP contribution in [0, 0.1) is 0 Å². The van der Waals surface area contributed by atoms with Crippen LogP contribution in [0.5, 0.6) is 0 Å². The van der Waals surface area contributed by atoms with Crippen LogP contribution in [0.3, 0.4) is 0 Å². The lowest BCUT2D eigenvalue weighted by Crippen LogP contribution is -2.39. The second-order valence-corrected chi connectivity index (χ2v) is 6.99. The summed E-state index contributed by atoms with van der Waals surface area (Å²) in [5.74, 6) is 1.79. The van der Waals surface area contributed by atoms with Crippen LogP contribution in [-0.2, 0) is 11.3 Å². The Morgan fingerprint density at radius 2 is 1.96 bits per heavy atom. The number of halogens is 1. The van der Waals surface area contributed by atoms with Gasteiger partial charge >= 0.3 is 0 Å². The number of hydrogen-bond acceptors (Lipinski definition) is 4. The van der Waals surface area contributed by atoms with E-state index in [1.165, 1.54) is 38.5 Å². The third-order valence-electron chi connectivity index (χ3n) is 4.59. The standard InChI is InChI=1S/C20H35N5O.HI/c1-4-21-20(23-14-15-26-18-11-7-5-6-8-12-18)24-16-17-10-9-13-22-19(17)25(2)3;/h9-10,13,18H,4-8,11-12,14-16H2,1-3H3,(H2,21,23,24);1H. The zero-order chi connectivity index (χ0) is 18.6. The van der Waals surface area contributed by atoms with Gasteiger partial charge in [0.25, 0.3) is 0 Å². The van der Waals surface area contributed by atoms with E-state index < -0.39 is 0 Å². The lowest BCUT2D eigenvalue weighted by atomic mass is 10.1. The Hall–Kier alpha value is -1.09. The molecule has 0 saturated heterocycles. The highest BCUT2D eigenvalue weighted by molar-refractivity contribution is 14.0. The summed E-state index contributed by atoms with van der Waals surface area (Å²) < 4.78 is 6.04. The number of guanidine groups is 1. The number of rotatable bonds is 8. The molecule has 1 aliphatic rings. The number of nitrogens with zero attached hydrogens (tertiary/aromatic N) is 3. The molecule has 1 saturated carbocycles. The van der Waals surface area contributed by atoms with Crippen LogP contribution in [0.4, 0.5) is 5.82 Å². The summed E-state index contributed by atoms with van der Waals surface area (Å²) in [7, 11) is 4.01. The fourth-order valence-corrected chi connectivity index (χ4v) is 3.27. The molecule has 27 heavy (non-hydrogen) atoms. The number of nitrogens with one attached hydrogen (secondary N) is 2. The van der Waals surface area contributed by atoms with Gasteiger partial charge in [0, 0.05) is 38.9 Å². The number of ether oxygens (including phenoxy) is 1. The summed E-state index contributed by atoms with van der Waals surface area (Å²) in [6.07, 6.45) is 10.0. The molecule has 0 spiro atoms. The van der Waals surface area contributed by atoms with Gasteiger partial charge in [0.15, 0.2) is 5.96 Å². The maximum atomic E-state index is 6.04. The highest BCUT2D eigenvalue weighted by atomic mass is 127. The van der Waals surface area contributed by atoms with Crippen molar-refractivity contribution in [3.63, 3.8) is 0 Å². The molecule has 0 aliphatic heterocycles. The summed E-state index contributed by atoms with van der Waals surface area (Å²) in [6.45, 7) is 5.01. The molecule has 0 atom stereocenters. The van der Waals surface area contributed by atoms with Crippen molar-refractivity contribution in [2.75, 3.05) is 38.7 Å². The van der Waals surface area contributed by atoms with Gasteiger partial charge in [-0.15, -0.1) is 24.0 Å². The molecule has 6 nitrogen and oxygen atoms in total. The summed E-state index contributed by atoms with van der Waals surface area (Å²) in [5, 5.41) is 6.67. The van der Waals surface area contributed by atoms with Crippen LogP contribution >= 0.6 is 24.0 Å². The van der Waals surface area contributed by atoms with E-state index in [0.717, 1.165) is 37.0 Å². The normalized spacial score (nSPS) is 15.6. The highest BCUT2D eigenvalue weighted by Gasteiger charge is 2.12. The van der Waals surface area contributed by atoms with E-state index in [1.807, 2.05) is 31.3 Å². The molecule has 2 N–H and O–H groups in total. The fraction of sp³-hybridized carbons (Fsp3) is 0.700. The topological polar surface area (TPSA) is 61.8 Å². The van der Waals surface area contributed by atoms with Gasteiger partial charge in [-0.05, 0) is 25.8 Å². The van der Waals surface area contributed by atoms with Gasteiger partial charge in [0.2, 0.25) is 0 Å². The Morgan fingerprint density at radius 3 is 2.63 bits per heavy atom. The average Bonchev–Trinajstić information content (AvgIpc) is 2.92. The van der Waals surface area contributed by atoms with Crippen LogP contribution in [-0.4, -0.2) is 50.8 Å². The number of aliphatic imine (C=N–C) groups is 1. The lowest BCUT2D eigenvalue weighted by molar-refractivity contribution is 0.0468. The van der Waals surface area contributed by atoms with E-state index in [4.69, 9.17) is 9.73 Å². The van der Waals surface area contributed by atoms with E-state index >= 15 is 0 Å². The zero-order valence-electron chi connectivity index (χ0n) is 17.0. The van der Waals surface area contributed by atoms with Crippen molar-refractivity contribution in [2.24, 2.45) is 4.99 Å². The van der Waals surface area contributed by atoms with Crippen molar-refractivity contribution in [1.82, 2.24) is 15.6 Å². The summed E-state index contributed by atoms with van der Waals surface area (Å²) in [5.41, 5.74) is 1.12. The smallest absolute Gasteiger partial charge is 0.191 e. The molecule has 154 valence electrons. The number of aromatic nitrogens is 1. The van der Waals surface area contributed by atoms with E-state index in [0.29, 0.717) is 12.6 Å². The highest BCUT2D eigenvalue weighted by Crippen LogP contribution is 2.19. The first-order valence-electron chi connectivity index (χ1n) is 9.95. The Labute approximate surface area is 181 Å². The first-order valence-corrected chi connectivity index (χ1v) is 9.95. The van der Waals surface area contributed by atoms with Gasteiger partial charge < -0.3 is 20.3 Å². The third-order valence-corrected chi connectivity index (χ3v) is 4.59. The van der Waals surface area contributed by atoms with Crippen LogP contribution in [0.15, 0.2) is 23.3 Å². The monoisotopic (exact) mass is 489 g/mol. The molecule has 0 amide bonds. The van der Waals surface area contributed by atoms with Gasteiger partial charge in [0.1, 0.15) is 5.82 Å². The van der Waals surface area contributed by atoms with Gasteiger partial charge in [-0.2, -0.15) is 0 Å². The second kappa shape index (κ2) is 14.0. The van der Waals surface area contributed by atoms with E-state index in [2.05, 4.69) is 28.6 Å². The first kappa shape index (κ1) is 23.9. The molecule has 0 unspecified atom stereocenters.